The number of rotatable bonds is 4. The molecule has 2 unspecified atom stereocenters. The van der Waals surface area contributed by atoms with E-state index in [1.165, 1.54) is 12.2 Å². The van der Waals surface area contributed by atoms with Gasteiger partial charge in [-0.15, -0.1) is 0 Å². The van der Waals surface area contributed by atoms with Gasteiger partial charge in [-0.1, -0.05) is 6.92 Å². The summed E-state index contributed by atoms with van der Waals surface area (Å²) in [5, 5.41) is 0. The Bertz CT molecular complexity index is 361. The van der Waals surface area contributed by atoms with Gasteiger partial charge in [0.1, 0.15) is 5.78 Å². The summed E-state index contributed by atoms with van der Waals surface area (Å²) in [6.07, 6.45) is 4.59. The maximum Gasteiger partial charge on any atom is 0.234 e. The van der Waals surface area contributed by atoms with Crippen molar-refractivity contribution in [3.05, 3.63) is 0 Å². The van der Waals surface area contributed by atoms with Crippen LogP contribution in [0.4, 0.5) is 0 Å². The number of carbonyl (C=O) groups excluding carboxylic acids is 3. The van der Waals surface area contributed by atoms with Crippen LogP contribution in [0.3, 0.4) is 0 Å². The van der Waals surface area contributed by atoms with E-state index in [1.54, 1.807) is 0 Å². The van der Waals surface area contributed by atoms with Crippen molar-refractivity contribution < 1.29 is 14.4 Å². The molecule has 2 atom stereocenters. The van der Waals surface area contributed by atoms with Crippen LogP contribution in [0.15, 0.2) is 9.98 Å². The standard InChI is InChI=1S/C11H14N2O3/c1-11(6-13-8-15)3-9(5-12-7-14)2-10(16)4-11/h9H,2-6H2,1H3. The third kappa shape index (κ3) is 3.54. The third-order valence-corrected chi connectivity index (χ3v) is 2.86. The van der Waals surface area contributed by atoms with Gasteiger partial charge in [-0.3, -0.25) is 4.79 Å². The number of nitrogens with zero attached hydrogens (tertiary/aromatic N) is 2. The van der Waals surface area contributed by atoms with E-state index in [0.29, 0.717) is 25.9 Å². The number of isocyanates is 2. The Balaban J connectivity index is 2.69. The average Bonchev–Trinajstić information content (AvgIpc) is 2.22. The second kappa shape index (κ2) is 5.50. The van der Waals surface area contributed by atoms with Gasteiger partial charge in [0, 0.05) is 12.8 Å². The first kappa shape index (κ1) is 12.5. The minimum Gasteiger partial charge on any atom is -0.300 e. The summed E-state index contributed by atoms with van der Waals surface area (Å²) >= 11 is 0. The Morgan fingerprint density at radius 3 is 2.69 bits per heavy atom. The molecule has 0 N–H and O–H groups in total. The molecule has 16 heavy (non-hydrogen) atoms. The highest BCUT2D eigenvalue weighted by Gasteiger charge is 2.36. The maximum atomic E-state index is 11.5. The molecule has 0 bridgehead atoms. The van der Waals surface area contributed by atoms with Crippen LogP contribution in [0.5, 0.6) is 0 Å². The summed E-state index contributed by atoms with van der Waals surface area (Å²) in [5.41, 5.74) is -0.296. The Morgan fingerprint density at radius 1 is 1.38 bits per heavy atom. The molecule has 0 aromatic rings. The molecule has 1 saturated carbocycles. The molecule has 0 heterocycles. The molecule has 0 aromatic heterocycles. The fraction of sp³-hybridized carbons (Fsp3) is 0.727. The zero-order chi connectivity index (χ0) is 12.0. The van der Waals surface area contributed by atoms with Crippen LogP contribution in [0.25, 0.3) is 0 Å². The van der Waals surface area contributed by atoms with Gasteiger partial charge in [-0.2, -0.15) is 0 Å². The van der Waals surface area contributed by atoms with Crippen LogP contribution in [-0.2, 0) is 14.4 Å². The van der Waals surface area contributed by atoms with Crippen LogP contribution in [0.1, 0.15) is 26.2 Å². The van der Waals surface area contributed by atoms with Gasteiger partial charge in [0.05, 0.1) is 13.1 Å². The van der Waals surface area contributed by atoms with Crippen LogP contribution < -0.4 is 0 Å². The normalized spacial score (nSPS) is 29.1. The van der Waals surface area contributed by atoms with Gasteiger partial charge in [0.2, 0.25) is 12.2 Å². The van der Waals surface area contributed by atoms with Crippen molar-refractivity contribution in [1.82, 2.24) is 0 Å². The fourth-order valence-electron chi connectivity index (χ4n) is 2.35. The first-order chi connectivity index (χ1) is 7.59. The topological polar surface area (TPSA) is 75.9 Å². The van der Waals surface area contributed by atoms with E-state index in [1.807, 2.05) is 6.92 Å². The summed E-state index contributed by atoms with van der Waals surface area (Å²) in [5.74, 6) is 0.204. The molecule has 0 radical (unpaired) electrons. The third-order valence-electron chi connectivity index (χ3n) is 2.86. The van der Waals surface area contributed by atoms with Crippen LogP contribution >= 0.6 is 0 Å². The molecular weight excluding hydrogens is 208 g/mol. The molecule has 0 amide bonds. The van der Waals surface area contributed by atoms with Gasteiger partial charge in [-0.25, -0.2) is 19.6 Å². The van der Waals surface area contributed by atoms with Crippen molar-refractivity contribution >= 4 is 17.9 Å². The Labute approximate surface area is 93.7 Å². The minimum absolute atomic E-state index is 0.0644. The van der Waals surface area contributed by atoms with E-state index in [-0.39, 0.29) is 17.1 Å². The van der Waals surface area contributed by atoms with Crippen molar-refractivity contribution in [2.45, 2.75) is 26.2 Å². The zero-order valence-corrected chi connectivity index (χ0v) is 9.23. The molecule has 1 rings (SSSR count). The smallest absolute Gasteiger partial charge is 0.234 e. The SMILES string of the molecule is CC1(CN=C=O)CC(=O)CC(CN=C=O)C1. The predicted molar refractivity (Wildman–Crippen MR) is 56.4 cm³/mol. The fourth-order valence-corrected chi connectivity index (χ4v) is 2.35. The van der Waals surface area contributed by atoms with Crippen molar-refractivity contribution in [2.75, 3.05) is 13.1 Å². The van der Waals surface area contributed by atoms with Crippen molar-refractivity contribution in [1.29, 1.82) is 0 Å². The van der Waals surface area contributed by atoms with Crippen molar-refractivity contribution in [2.24, 2.45) is 21.3 Å². The highest BCUT2D eigenvalue weighted by Crippen LogP contribution is 2.37. The molecule has 5 heteroatoms. The number of Topliss-reactive ketones (excluding diaryl/α,β-unsaturated/α-hetero) is 1. The Morgan fingerprint density at radius 2 is 2.06 bits per heavy atom. The van der Waals surface area contributed by atoms with Crippen molar-refractivity contribution in [3.8, 4) is 0 Å². The van der Waals surface area contributed by atoms with E-state index in [9.17, 15) is 14.4 Å². The number of aliphatic imine (C=N–C) groups is 2. The quantitative estimate of drug-likeness (QED) is 0.526. The molecule has 1 aliphatic rings. The van der Waals surface area contributed by atoms with Gasteiger partial charge >= 0.3 is 0 Å². The van der Waals surface area contributed by atoms with E-state index >= 15 is 0 Å². The largest absolute Gasteiger partial charge is 0.300 e. The van der Waals surface area contributed by atoms with Gasteiger partial charge in [0.25, 0.3) is 0 Å². The second-order valence-corrected chi connectivity index (χ2v) is 4.64. The van der Waals surface area contributed by atoms with Crippen LogP contribution in [-0.4, -0.2) is 31.0 Å². The van der Waals surface area contributed by atoms with E-state index < -0.39 is 0 Å². The lowest BCUT2D eigenvalue weighted by Gasteiger charge is -2.35. The van der Waals surface area contributed by atoms with Crippen molar-refractivity contribution in [3.63, 3.8) is 0 Å². The van der Waals surface area contributed by atoms with Gasteiger partial charge in [-0.05, 0) is 17.8 Å². The van der Waals surface area contributed by atoms with Gasteiger partial charge < -0.3 is 0 Å². The van der Waals surface area contributed by atoms with E-state index in [4.69, 9.17) is 0 Å². The summed E-state index contributed by atoms with van der Waals surface area (Å²) in [6, 6.07) is 0. The molecule has 1 aliphatic carbocycles. The number of hydrogen-bond donors (Lipinski definition) is 0. The molecule has 0 aliphatic heterocycles. The molecule has 5 nitrogen and oxygen atoms in total. The highest BCUT2D eigenvalue weighted by molar-refractivity contribution is 5.80. The lowest BCUT2D eigenvalue weighted by atomic mass is 9.70. The highest BCUT2D eigenvalue weighted by atomic mass is 16.1. The molecule has 0 spiro atoms. The Kier molecular flexibility index (Phi) is 4.29. The van der Waals surface area contributed by atoms with Gasteiger partial charge in [0.15, 0.2) is 0 Å². The number of ketones is 1. The summed E-state index contributed by atoms with van der Waals surface area (Å²) in [6.45, 7) is 2.56. The number of hydrogen-bond acceptors (Lipinski definition) is 5. The lowest BCUT2D eigenvalue weighted by molar-refractivity contribution is -0.124. The molecule has 0 aromatic carbocycles. The molecule has 86 valence electrons. The maximum absolute atomic E-state index is 11.5. The Hall–Kier alpha value is -1.57. The molecule has 1 fully saturated rings. The van der Waals surface area contributed by atoms with Crippen LogP contribution in [0.2, 0.25) is 0 Å². The predicted octanol–water partition coefficient (Wildman–Crippen LogP) is 1.03. The summed E-state index contributed by atoms with van der Waals surface area (Å²) < 4.78 is 0. The minimum atomic E-state index is -0.296. The van der Waals surface area contributed by atoms with E-state index in [0.717, 1.165) is 6.42 Å². The number of carbonyl (C=O) groups is 1. The first-order valence-electron chi connectivity index (χ1n) is 5.18. The second-order valence-electron chi connectivity index (χ2n) is 4.64. The molecular formula is C11H14N2O3. The average molecular weight is 222 g/mol. The van der Waals surface area contributed by atoms with E-state index in [2.05, 4.69) is 9.98 Å². The first-order valence-corrected chi connectivity index (χ1v) is 5.18. The van der Waals surface area contributed by atoms with Crippen LogP contribution in [0, 0.1) is 11.3 Å². The lowest BCUT2D eigenvalue weighted by Crippen LogP contribution is -2.34. The molecule has 0 saturated heterocycles. The summed E-state index contributed by atoms with van der Waals surface area (Å²) in [4.78, 5) is 38.7. The monoisotopic (exact) mass is 222 g/mol. The summed E-state index contributed by atoms with van der Waals surface area (Å²) in [7, 11) is 0. The zero-order valence-electron chi connectivity index (χ0n) is 9.23.